The van der Waals surface area contributed by atoms with E-state index in [-0.39, 0.29) is 0 Å². The molecule has 4 saturated heterocycles. The molecule has 4 aliphatic rings. The fourth-order valence-corrected chi connectivity index (χ4v) is 4.74. The van der Waals surface area contributed by atoms with Crippen LogP contribution in [0.15, 0.2) is 0 Å². The summed E-state index contributed by atoms with van der Waals surface area (Å²) in [6, 6.07) is 1.54. The molecule has 12 heteroatoms. The van der Waals surface area contributed by atoms with Crippen molar-refractivity contribution in [3.63, 3.8) is 0 Å². The Labute approximate surface area is 185 Å². The van der Waals surface area contributed by atoms with Gasteiger partial charge in [0.15, 0.2) is 0 Å². The number of ether oxygens (including phenoxy) is 2. The van der Waals surface area contributed by atoms with Crippen LogP contribution < -0.4 is 10.6 Å². The number of rotatable bonds is 4. The van der Waals surface area contributed by atoms with E-state index in [0.717, 1.165) is 52.1 Å². The van der Waals surface area contributed by atoms with Gasteiger partial charge in [0.05, 0.1) is 26.4 Å². The van der Waals surface area contributed by atoms with Crippen LogP contribution in [-0.2, 0) is 28.7 Å². The minimum atomic E-state index is -1.82. The first kappa shape index (κ1) is 26.0. The van der Waals surface area contributed by atoms with Crippen LogP contribution in [-0.4, -0.2) is 94.9 Å². The van der Waals surface area contributed by atoms with Crippen molar-refractivity contribution in [2.75, 3.05) is 26.4 Å². The van der Waals surface area contributed by atoms with Crippen molar-refractivity contribution in [2.45, 2.75) is 62.7 Å². The lowest BCUT2D eigenvalue weighted by molar-refractivity contribution is -0.159. The highest BCUT2D eigenvalue weighted by Crippen LogP contribution is 2.27. The molecular weight excluding hydrogens is 428 g/mol. The van der Waals surface area contributed by atoms with E-state index in [4.69, 9.17) is 39.5 Å². The first-order valence-corrected chi connectivity index (χ1v) is 10.7. The highest BCUT2D eigenvalue weighted by Gasteiger charge is 2.33. The Morgan fingerprint density at radius 2 is 0.875 bits per heavy atom. The molecule has 4 bridgehead atoms. The van der Waals surface area contributed by atoms with Gasteiger partial charge >= 0.3 is 23.9 Å². The first-order valence-electron chi connectivity index (χ1n) is 10.7. The average molecular weight is 460 g/mol. The predicted octanol–water partition coefficient (Wildman–Crippen LogP) is -0.388. The van der Waals surface area contributed by atoms with Gasteiger partial charge in [-0.05, 0) is 37.5 Å². The summed E-state index contributed by atoms with van der Waals surface area (Å²) in [7, 11) is 0. The first-order chi connectivity index (χ1) is 15.1. The Bertz CT molecular complexity index is 593. The van der Waals surface area contributed by atoms with Crippen molar-refractivity contribution in [1.29, 1.82) is 0 Å². The molecule has 32 heavy (non-hydrogen) atoms. The Balaban J connectivity index is 0.000000183. The zero-order valence-electron chi connectivity index (χ0n) is 17.8. The SMILES string of the molecule is O=C(O)C(=O)O.O=C(O)CC1C[C@H]2COC[C@@H](C1)N2.O=C(O)CC1C[C@H]2COC[C@@H](C1)N2. The number of piperidine rings is 2. The molecule has 182 valence electrons. The van der Waals surface area contributed by atoms with Crippen molar-refractivity contribution >= 4 is 23.9 Å². The van der Waals surface area contributed by atoms with Crippen molar-refractivity contribution < 1.29 is 49.1 Å². The molecule has 4 rings (SSSR count). The lowest BCUT2D eigenvalue weighted by Gasteiger charge is -2.39. The third-order valence-corrected chi connectivity index (χ3v) is 5.80. The number of carbonyl (C=O) groups is 4. The molecule has 2 unspecified atom stereocenters. The normalized spacial score (nSPS) is 32.8. The highest BCUT2D eigenvalue weighted by molar-refractivity contribution is 6.27. The summed E-state index contributed by atoms with van der Waals surface area (Å²) < 4.78 is 10.8. The molecule has 4 heterocycles. The highest BCUT2D eigenvalue weighted by atomic mass is 16.5. The van der Waals surface area contributed by atoms with Gasteiger partial charge in [0.25, 0.3) is 0 Å². The molecule has 0 amide bonds. The molecule has 4 fully saturated rings. The van der Waals surface area contributed by atoms with Gasteiger partial charge in [-0.25, -0.2) is 9.59 Å². The third kappa shape index (κ3) is 9.47. The summed E-state index contributed by atoms with van der Waals surface area (Å²) in [4.78, 5) is 39.3. The number of hydrogen-bond acceptors (Lipinski definition) is 8. The lowest BCUT2D eigenvalue weighted by Crippen LogP contribution is -2.54. The topological polar surface area (TPSA) is 192 Å². The van der Waals surface area contributed by atoms with Gasteiger partial charge in [0, 0.05) is 37.0 Å². The number of carboxylic acids is 4. The quantitative estimate of drug-likeness (QED) is 0.298. The van der Waals surface area contributed by atoms with Crippen LogP contribution in [0.4, 0.5) is 0 Å². The van der Waals surface area contributed by atoms with Crippen molar-refractivity contribution in [3.8, 4) is 0 Å². The molecule has 0 aromatic heterocycles. The number of nitrogens with one attached hydrogen (secondary N) is 2. The second kappa shape index (κ2) is 12.7. The fourth-order valence-electron chi connectivity index (χ4n) is 4.74. The Kier molecular flexibility index (Phi) is 10.3. The molecule has 0 radical (unpaired) electrons. The maximum Gasteiger partial charge on any atom is 0.414 e. The van der Waals surface area contributed by atoms with E-state index in [1.54, 1.807) is 0 Å². The van der Waals surface area contributed by atoms with Crippen LogP contribution in [0.5, 0.6) is 0 Å². The van der Waals surface area contributed by atoms with Gasteiger partial charge in [-0.3, -0.25) is 9.59 Å². The molecule has 6 N–H and O–H groups in total. The second-order valence-electron chi connectivity index (χ2n) is 8.68. The van der Waals surface area contributed by atoms with Gasteiger partial charge in [-0.1, -0.05) is 0 Å². The Hall–Kier alpha value is -2.28. The van der Waals surface area contributed by atoms with E-state index < -0.39 is 23.9 Å². The maximum absolute atomic E-state index is 10.5. The summed E-state index contributed by atoms with van der Waals surface area (Å²) in [5, 5.41) is 39.0. The summed E-state index contributed by atoms with van der Waals surface area (Å²) >= 11 is 0. The largest absolute Gasteiger partial charge is 0.481 e. The van der Waals surface area contributed by atoms with E-state index in [0.29, 0.717) is 48.8 Å². The molecule has 0 spiro atoms. The lowest BCUT2D eigenvalue weighted by atomic mass is 9.85. The van der Waals surface area contributed by atoms with Gasteiger partial charge < -0.3 is 40.5 Å². The fraction of sp³-hybridized carbons (Fsp3) is 0.800. The molecule has 0 aliphatic carbocycles. The molecule has 4 aliphatic heterocycles. The molecule has 0 saturated carbocycles. The minimum Gasteiger partial charge on any atom is -0.481 e. The molecule has 6 atom stereocenters. The molecule has 0 aromatic rings. The summed E-state index contributed by atoms with van der Waals surface area (Å²) in [6.45, 7) is 2.97. The summed E-state index contributed by atoms with van der Waals surface area (Å²) in [6.07, 6.45) is 4.42. The zero-order chi connectivity index (χ0) is 23.7. The van der Waals surface area contributed by atoms with Crippen molar-refractivity contribution in [2.24, 2.45) is 11.8 Å². The summed E-state index contributed by atoms with van der Waals surface area (Å²) in [5.74, 6) is -4.31. The van der Waals surface area contributed by atoms with Crippen LogP contribution >= 0.6 is 0 Å². The predicted molar refractivity (Wildman–Crippen MR) is 108 cm³/mol. The van der Waals surface area contributed by atoms with Crippen molar-refractivity contribution in [1.82, 2.24) is 10.6 Å². The van der Waals surface area contributed by atoms with Crippen LogP contribution in [0, 0.1) is 11.8 Å². The molecule has 0 aromatic carbocycles. The monoisotopic (exact) mass is 460 g/mol. The van der Waals surface area contributed by atoms with Crippen LogP contribution in [0.3, 0.4) is 0 Å². The standard InChI is InChI=1S/2C9H15NO3.C2H2O4/c2*11-9(12)3-6-1-7-4-13-5-8(2-6)10-7;3-1(4)2(5)6/h2*6-8,10H,1-5H2,(H,11,12);(H,3,4)(H,5,6)/t2*6?,7-,8+;. The van der Waals surface area contributed by atoms with Gasteiger partial charge in [-0.2, -0.15) is 0 Å². The van der Waals surface area contributed by atoms with Crippen LogP contribution in [0.2, 0.25) is 0 Å². The van der Waals surface area contributed by atoms with Crippen molar-refractivity contribution in [3.05, 3.63) is 0 Å². The molecular formula is C20H32N2O10. The van der Waals surface area contributed by atoms with Crippen LogP contribution in [0.1, 0.15) is 38.5 Å². The number of hydrogen-bond donors (Lipinski definition) is 6. The van der Waals surface area contributed by atoms with E-state index in [1.807, 2.05) is 0 Å². The zero-order valence-corrected chi connectivity index (χ0v) is 17.8. The second-order valence-corrected chi connectivity index (χ2v) is 8.68. The average Bonchev–Trinajstić information content (AvgIpc) is 2.67. The van der Waals surface area contributed by atoms with Gasteiger partial charge in [0.1, 0.15) is 0 Å². The van der Waals surface area contributed by atoms with E-state index in [9.17, 15) is 9.59 Å². The number of fused-ring (bicyclic) bond motifs is 4. The number of aliphatic carboxylic acids is 4. The minimum absolute atomic E-state index is 0.314. The number of morpholine rings is 2. The number of carboxylic acid groups (broad SMARTS) is 4. The van der Waals surface area contributed by atoms with E-state index >= 15 is 0 Å². The van der Waals surface area contributed by atoms with Gasteiger partial charge in [-0.15, -0.1) is 0 Å². The smallest absolute Gasteiger partial charge is 0.414 e. The Morgan fingerprint density at radius 1 is 0.594 bits per heavy atom. The van der Waals surface area contributed by atoms with Gasteiger partial charge in [0.2, 0.25) is 0 Å². The van der Waals surface area contributed by atoms with E-state index in [1.165, 1.54) is 0 Å². The molecule has 12 nitrogen and oxygen atoms in total. The summed E-state index contributed by atoms with van der Waals surface area (Å²) in [5.41, 5.74) is 0. The third-order valence-electron chi connectivity index (χ3n) is 5.80. The van der Waals surface area contributed by atoms with E-state index in [2.05, 4.69) is 10.6 Å². The maximum atomic E-state index is 10.5. The Morgan fingerprint density at radius 3 is 1.09 bits per heavy atom. The van der Waals surface area contributed by atoms with Crippen LogP contribution in [0.25, 0.3) is 0 Å².